The number of hydrogen-bond donors (Lipinski definition) is 2. The zero-order valence-electron chi connectivity index (χ0n) is 19.8. The van der Waals surface area contributed by atoms with E-state index in [1.165, 1.54) is 0 Å². The van der Waals surface area contributed by atoms with Crippen molar-refractivity contribution < 1.29 is 9.59 Å². The van der Waals surface area contributed by atoms with Crippen molar-refractivity contribution in [2.75, 3.05) is 18.4 Å². The highest BCUT2D eigenvalue weighted by Gasteiger charge is 2.23. The number of benzene rings is 3. The van der Waals surface area contributed by atoms with Crippen LogP contribution in [0.3, 0.4) is 0 Å². The summed E-state index contributed by atoms with van der Waals surface area (Å²) in [6, 6.07) is 23.0. The van der Waals surface area contributed by atoms with E-state index in [1.54, 1.807) is 0 Å². The molecule has 0 spiro atoms. The first-order valence-electron chi connectivity index (χ1n) is 12.0. The number of primary amides is 1. The Balaban J connectivity index is 1.22. The Bertz CT molecular complexity index is 1400. The molecule has 0 saturated carbocycles. The molecule has 1 fully saturated rings. The van der Waals surface area contributed by atoms with Gasteiger partial charge in [0.25, 0.3) is 5.91 Å². The Kier molecular flexibility index (Phi) is 6.98. The number of carbonyl (C=O) groups excluding carboxylic acids is 2. The van der Waals surface area contributed by atoms with Crippen LogP contribution in [0.4, 0.5) is 5.69 Å². The number of aromatic nitrogens is 1. The second-order valence-electron chi connectivity index (χ2n) is 9.24. The first-order valence-corrected chi connectivity index (χ1v) is 12.4. The lowest BCUT2D eigenvalue weighted by Crippen LogP contribution is -2.38. The SMILES string of the molecule is NC(=O)C1CCN(Cc2cnc3cc(NC(=O)c4ccc(-c5ccc(Cl)cc5)cc4)ccc3c2)CC1. The Morgan fingerprint density at radius 1 is 0.944 bits per heavy atom. The van der Waals surface area contributed by atoms with E-state index < -0.39 is 0 Å². The van der Waals surface area contributed by atoms with E-state index in [0.29, 0.717) is 16.3 Å². The molecule has 4 aromatic rings. The fraction of sp³-hybridized carbons (Fsp3) is 0.207. The number of nitrogens with one attached hydrogen (secondary N) is 1. The summed E-state index contributed by atoms with van der Waals surface area (Å²) >= 11 is 5.97. The number of nitrogens with zero attached hydrogens (tertiary/aromatic N) is 2. The molecule has 2 amide bonds. The van der Waals surface area contributed by atoms with Crippen LogP contribution in [0.2, 0.25) is 5.02 Å². The minimum atomic E-state index is -0.195. The van der Waals surface area contributed by atoms with Gasteiger partial charge in [-0.25, -0.2) is 0 Å². The molecular formula is C29H27ClN4O2. The predicted molar refractivity (Wildman–Crippen MR) is 144 cm³/mol. The quantitative estimate of drug-likeness (QED) is 0.367. The number of anilines is 1. The number of carbonyl (C=O) groups is 2. The highest BCUT2D eigenvalue weighted by molar-refractivity contribution is 6.30. The molecule has 7 heteroatoms. The molecule has 0 aliphatic carbocycles. The number of nitrogens with two attached hydrogens (primary N) is 1. The van der Waals surface area contributed by atoms with Gasteiger partial charge in [0.1, 0.15) is 0 Å². The second-order valence-corrected chi connectivity index (χ2v) is 9.68. The topological polar surface area (TPSA) is 88.3 Å². The summed E-state index contributed by atoms with van der Waals surface area (Å²) in [4.78, 5) is 31.1. The second kappa shape index (κ2) is 10.5. The van der Waals surface area contributed by atoms with Crippen molar-refractivity contribution in [3.05, 3.63) is 95.1 Å². The highest BCUT2D eigenvalue weighted by Crippen LogP contribution is 2.24. The molecule has 3 aromatic carbocycles. The Morgan fingerprint density at radius 3 is 2.28 bits per heavy atom. The predicted octanol–water partition coefficient (Wildman–Crippen LogP) is 5.50. The minimum absolute atomic E-state index is 0.00831. The summed E-state index contributed by atoms with van der Waals surface area (Å²) in [6.45, 7) is 2.51. The summed E-state index contributed by atoms with van der Waals surface area (Å²) < 4.78 is 0. The van der Waals surface area contributed by atoms with E-state index >= 15 is 0 Å². The monoisotopic (exact) mass is 498 g/mol. The number of likely N-dealkylation sites (tertiary alicyclic amines) is 1. The van der Waals surface area contributed by atoms with Crippen LogP contribution in [0.15, 0.2) is 79.0 Å². The van der Waals surface area contributed by atoms with Gasteiger partial charge in [-0.3, -0.25) is 19.5 Å². The van der Waals surface area contributed by atoms with Crippen molar-refractivity contribution in [3.8, 4) is 11.1 Å². The van der Waals surface area contributed by atoms with Crippen LogP contribution in [0, 0.1) is 5.92 Å². The third-order valence-corrected chi connectivity index (χ3v) is 6.97. The molecule has 1 saturated heterocycles. The average Bonchev–Trinajstić information content (AvgIpc) is 2.89. The van der Waals surface area contributed by atoms with Gasteiger partial charge < -0.3 is 11.1 Å². The first kappa shape index (κ1) is 24.0. The van der Waals surface area contributed by atoms with Gasteiger partial charge in [0.05, 0.1) is 5.52 Å². The first-order chi connectivity index (χ1) is 17.4. The summed E-state index contributed by atoms with van der Waals surface area (Å²) in [5, 5.41) is 4.68. The summed E-state index contributed by atoms with van der Waals surface area (Å²) in [5.74, 6) is -0.376. The zero-order valence-corrected chi connectivity index (χ0v) is 20.5. The standard InChI is InChI=1S/C29H27ClN4O2/c30-25-8-5-21(6-9-25)20-1-3-23(4-2-20)29(36)33-26-10-7-24-15-19(17-32-27(24)16-26)18-34-13-11-22(12-14-34)28(31)35/h1-10,15-17,22H,11-14,18H2,(H2,31,35)(H,33,36). The van der Waals surface area contributed by atoms with Gasteiger partial charge in [-0.05, 0) is 85.1 Å². The van der Waals surface area contributed by atoms with Gasteiger partial charge in [-0.2, -0.15) is 0 Å². The summed E-state index contributed by atoms with van der Waals surface area (Å²) in [7, 11) is 0. The molecule has 5 rings (SSSR count). The van der Waals surface area contributed by atoms with Gasteiger partial charge in [0.15, 0.2) is 0 Å². The van der Waals surface area contributed by atoms with E-state index in [1.807, 2.05) is 72.9 Å². The van der Waals surface area contributed by atoms with Crippen LogP contribution in [-0.2, 0) is 11.3 Å². The zero-order chi connectivity index (χ0) is 25.1. The lowest BCUT2D eigenvalue weighted by Gasteiger charge is -2.30. The molecule has 1 aliphatic heterocycles. The molecule has 2 heterocycles. The van der Waals surface area contributed by atoms with Gasteiger partial charge in [-0.1, -0.05) is 41.9 Å². The van der Waals surface area contributed by atoms with E-state index in [9.17, 15) is 9.59 Å². The molecule has 36 heavy (non-hydrogen) atoms. The molecule has 3 N–H and O–H groups in total. The molecule has 1 aliphatic rings. The van der Waals surface area contributed by atoms with Crippen molar-refractivity contribution in [2.45, 2.75) is 19.4 Å². The Morgan fingerprint density at radius 2 is 1.61 bits per heavy atom. The van der Waals surface area contributed by atoms with Gasteiger partial charge in [0.2, 0.25) is 5.91 Å². The molecule has 182 valence electrons. The van der Waals surface area contributed by atoms with E-state index in [4.69, 9.17) is 17.3 Å². The van der Waals surface area contributed by atoms with Crippen LogP contribution >= 0.6 is 11.6 Å². The normalized spacial score (nSPS) is 14.6. The minimum Gasteiger partial charge on any atom is -0.369 e. The van der Waals surface area contributed by atoms with Gasteiger partial charge in [-0.15, -0.1) is 0 Å². The van der Waals surface area contributed by atoms with Gasteiger partial charge in [0, 0.05) is 40.3 Å². The van der Waals surface area contributed by atoms with Crippen molar-refractivity contribution in [1.29, 1.82) is 0 Å². The number of hydrogen-bond acceptors (Lipinski definition) is 4. The molecule has 0 bridgehead atoms. The van der Waals surface area contributed by atoms with Crippen molar-refractivity contribution in [3.63, 3.8) is 0 Å². The maximum Gasteiger partial charge on any atom is 0.255 e. The van der Waals surface area contributed by atoms with Crippen LogP contribution in [0.1, 0.15) is 28.8 Å². The molecule has 0 atom stereocenters. The summed E-state index contributed by atoms with van der Waals surface area (Å²) in [6.07, 6.45) is 3.50. The lowest BCUT2D eigenvalue weighted by atomic mass is 9.96. The maximum absolute atomic E-state index is 12.8. The van der Waals surface area contributed by atoms with E-state index in [2.05, 4.69) is 21.3 Å². The number of pyridine rings is 1. The number of halogens is 1. The molecule has 1 aromatic heterocycles. The largest absolute Gasteiger partial charge is 0.369 e. The number of fused-ring (bicyclic) bond motifs is 1. The van der Waals surface area contributed by atoms with Crippen LogP contribution in [0.5, 0.6) is 0 Å². The van der Waals surface area contributed by atoms with Gasteiger partial charge >= 0.3 is 0 Å². The van der Waals surface area contributed by atoms with Crippen molar-refractivity contribution in [2.24, 2.45) is 11.7 Å². The summed E-state index contributed by atoms with van der Waals surface area (Å²) in [5.41, 5.74) is 10.7. The third-order valence-electron chi connectivity index (χ3n) is 6.72. The van der Waals surface area contributed by atoms with Crippen LogP contribution < -0.4 is 11.1 Å². The number of rotatable bonds is 6. The van der Waals surface area contributed by atoms with E-state index in [-0.39, 0.29) is 17.7 Å². The number of piperidine rings is 1. The Labute approximate surface area is 215 Å². The Hall–Kier alpha value is -3.74. The molecule has 6 nitrogen and oxygen atoms in total. The van der Waals surface area contributed by atoms with Crippen molar-refractivity contribution >= 4 is 40.0 Å². The van der Waals surface area contributed by atoms with E-state index in [0.717, 1.165) is 60.1 Å². The fourth-order valence-electron chi connectivity index (χ4n) is 4.62. The fourth-order valence-corrected chi connectivity index (χ4v) is 4.75. The highest BCUT2D eigenvalue weighted by atomic mass is 35.5. The average molecular weight is 499 g/mol. The molecule has 0 radical (unpaired) electrons. The third kappa shape index (κ3) is 5.56. The maximum atomic E-state index is 12.8. The smallest absolute Gasteiger partial charge is 0.255 e. The van der Waals surface area contributed by atoms with Crippen LogP contribution in [0.25, 0.3) is 22.0 Å². The number of amides is 2. The molecule has 0 unspecified atom stereocenters. The lowest BCUT2D eigenvalue weighted by molar-refractivity contribution is -0.123. The van der Waals surface area contributed by atoms with Crippen molar-refractivity contribution in [1.82, 2.24) is 9.88 Å². The molecular weight excluding hydrogens is 472 g/mol. The van der Waals surface area contributed by atoms with Crippen LogP contribution in [-0.4, -0.2) is 34.8 Å².